The Labute approximate surface area is 143 Å². The largest absolute Gasteiger partial charge is 0.496 e. The SMILES string of the molecule is COc1ccc(Cl)cc1C(=O)OCC(=O)Nc1ccc(C#N)cc1. The molecule has 0 fully saturated rings. The van der Waals surface area contributed by atoms with Crippen LogP contribution in [0.2, 0.25) is 5.02 Å². The fourth-order valence-corrected chi connectivity index (χ4v) is 2.05. The highest BCUT2D eigenvalue weighted by Crippen LogP contribution is 2.23. The van der Waals surface area contributed by atoms with Crippen LogP contribution >= 0.6 is 11.6 Å². The van der Waals surface area contributed by atoms with E-state index in [0.29, 0.717) is 22.0 Å². The number of nitriles is 1. The van der Waals surface area contributed by atoms with Gasteiger partial charge in [-0.2, -0.15) is 5.26 Å². The Hall–Kier alpha value is -3.04. The quantitative estimate of drug-likeness (QED) is 0.842. The zero-order chi connectivity index (χ0) is 17.5. The molecule has 2 aromatic rings. The molecule has 0 spiro atoms. The number of carbonyl (C=O) groups is 2. The number of methoxy groups -OCH3 is 1. The summed E-state index contributed by atoms with van der Waals surface area (Å²) in [7, 11) is 1.41. The molecule has 0 aromatic heterocycles. The van der Waals surface area contributed by atoms with E-state index in [2.05, 4.69) is 5.32 Å². The highest BCUT2D eigenvalue weighted by atomic mass is 35.5. The number of nitrogens with one attached hydrogen (secondary N) is 1. The van der Waals surface area contributed by atoms with Gasteiger partial charge in [0.2, 0.25) is 0 Å². The van der Waals surface area contributed by atoms with Gasteiger partial charge in [0.25, 0.3) is 5.91 Å². The molecule has 0 bridgehead atoms. The monoisotopic (exact) mass is 344 g/mol. The molecule has 0 unspecified atom stereocenters. The molecule has 0 saturated heterocycles. The second kappa shape index (κ2) is 7.99. The predicted octanol–water partition coefficient (Wildman–Crippen LogP) is 3.02. The second-order valence-corrected chi connectivity index (χ2v) is 5.09. The van der Waals surface area contributed by atoms with Crippen LogP contribution < -0.4 is 10.1 Å². The molecule has 2 rings (SSSR count). The normalized spacial score (nSPS) is 9.71. The number of hydrogen-bond donors (Lipinski definition) is 1. The fourth-order valence-electron chi connectivity index (χ4n) is 1.87. The fraction of sp³-hybridized carbons (Fsp3) is 0.118. The van der Waals surface area contributed by atoms with Crippen molar-refractivity contribution in [2.75, 3.05) is 19.0 Å². The van der Waals surface area contributed by atoms with Crippen LogP contribution in [-0.2, 0) is 9.53 Å². The molecule has 0 radical (unpaired) electrons. The van der Waals surface area contributed by atoms with Crippen molar-refractivity contribution in [3.8, 4) is 11.8 Å². The zero-order valence-electron chi connectivity index (χ0n) is 12.7. The minimum atomic E-state index is -0.718. The summed E-state index contributed by atoms with van der Waals surface area (Å²) in [5.74, 6) is -0.921. The summed E-state index contributed by atoms with van der Waals surface area (Å²) >= 11 is 5.85. The highest BCUT2D eigenvalue weighted by Gasteiger charge is 2.16. The number of hydrogen-bond acceptors (Lipinski definition) is 5. The molecule has 7 heteroatoms. The summed E-state index contributed by atoms with van der Waals surface area (Å²) in [6.07, 6.45) is 0. The Morgan fingerprint density at radius 2 is 1.92 bits per heavy atom. The standard InChI is InChI=1S/C17H13ClN2O4/c1-23-15-7-4-12(18)8-14(15)17(22)24-10-16(21)20-13-5-2-11(9-19)3-6-13/h2-8H,10H2,1H3,(H,20,21). The first-order valence-electron chi connectivity index (χ1n) is 6.84. The smallest absolute Gasteiger partial charge is 0.342 e. The molecule has 1 amide bonds. The number of esters is 1. The molecule has 1 N–H and O–H groups in total. The summed E-state index contributed by atoms with van der Waals surface area (Å²) < 4.78 is 10.0. The van der Waals surface area contributed by atoms with Crippen LogP contribution in [0.5, 0.6) is 5.75 Å². The average Bonchev–Trinajstić information content (AvgIpc) is 2.60. The van der Waals surface area contributed by atoms with Gasteiger partial charge in [-0.25, -0.2) is 4.79 Å². The van der Waals surface area contributed by atoms with Gasteiger partial charge in [-0.05, 0) is 42.5 Å². The van der Waals surface area contributed by atoms with Crippen molar-refractivity contribution in [3.63, 3.8) is 0 Å². The van der Waals surface area contributed by atoms with E-state index in [0.717, 1.165) is 0 Å². The molecule has 0 saturated carbocycles. The van der Waals surface area contributed by atoms with Gasteiger partial charge < -0.3 is 14.8 Å². The first-order chi connectivity index (χ1) is 11.5. The van der Waals surface area contributed by atoms with Crippen molar-refractivity contribution >= 4 is 29.2 Å². The van der Waals surface area contributed by atoms with Gasteiger partial charge in [-0.1, -0.05) is 11.6 Å². The zero-order valence-corrected chi connectivity index (χ0v) is 13.5. The first-order valence-corrected chi connectivity index (χ1v) is 7.22. The van der Waals surface area contributed by atoms with Crippen molar-refractivity contribution < 1.29 is 19.1 Å². The number of ether oxygens (including phenoxy) is 2. The number of anilines is 1. The van der Waals surface area contributed by atoms with E-state index in [1.807, 2.05) is 6.07 Å². The van der Waals surface area contributed by atoms with E-state index in [4.69, 9.17) is 26.3 Å². The molecular formula is C17H13ClN2O4. The molecule has 0 aliphatic heterocycles. The Bertz CT molecular complexity index is 797. The van der Waals surface area contributed by atoms with Gasteiger partial charge in [0, 0.05) is 10.7 Å². The van der Waals surface area contributed by atoms with Crippen molar-refractivity contribution in [1.29, 1.82) is 5.26 Å². The maximum atomic E-state index is 12.0. The second-order valence-electron chi connectivity index (χ2n) is 4.66. The van der Waals surface area contributed by atoms with Gasteiger partial charge in [0.1, 0.15) is 11.3 Å². The maximum absolute atomic E-state index is 12.0. The van der Waals surface area contributed by atoms with E-state index >= 15 is 0 Å². The van der Waals surface area contributed by atoms with E-state index in [1.165, 1.54) is 19.2 Å². The van der Waals surface area contributed by atoms with Gasteiger partial charge in [-0.3, -0.25) is 4.79 Å². The molecule has 0 aliphatic rings. The molecule has 2 aromatic carbocycles. The van der Waals surface area contributed by atoms with E-state index in [1.54, 1.807) is 30.3 Å². The predicted molar refractivity (Wildman–Crippen MR) is 88.1 cm³/mol. The summed E-state index contributed by atoms with van der Waals surface area (Å²) in [6, 6.07) is 12.8. The number of rotatable bonds is 5. The van der Waals surface area contributed by atoms with Crippen molar-refractivity contribution in [2.24, 2.45) is 0 Å². The van der Waals surface area contributed by atoms with Crippen LogP contribution in [0, 0.1) is 11.3 Å². The van der Waals surface area contributed by atoms with Crippen LogP contribution in [0.4, 0.5) is 5.69 Å². The molecular weight excluding hydrogens is 332 g/mol. The van der Waals surface area contributed by atoms with Crippen molar-refractivity contribution in [1.82, 2.24) is 0 Å². The summed E-state index contributed by atoms with van der Waals surface area (Å²) in [5.41, 5.74) is 1.11. The Kier molecular flexibility index (Phi) is 5.77. The van der Waals surface area contributed by atoms with Gasteiger partial charge in [0.15, 0.2) is 6.61 Å². The van der Waals surface area contributed by atoms with Crippen LogP contribution in [0.15, 0.2) is 42.5 Å². The van der Waals surface area contributed by atoms with Gasteiger partial charge in [-0.15, -0.1) is 0 Å². The third-order valence-corrected chi connectivity index (χ3v) is 3.25. The van der Waals surface area contributed by atoms with E-state index in [9.17, 15) is 9.59 Å². The summed E-state index contributed by atoms with van der Waals surface area (Å²) in [5, 5.41) is 11.6. The highest BCUT2D eigenvalue weighted by molar-refractivity contribution is 6.31. The third kappa shape index (κ3) is 4.48. The lowest BCUT2D eigenvalue weighted by Crippen LogP contribution is -2.21. The maximum Gasteiger partial charge on any atom is 0.342 e. The van der Waals surface area contributed by atoms with Crippen LogP contribution in [0.25, 0.3) is 0 Å². The van der Waals surface area contributed by atoms with Gasteiger partial charge in [0.05, 0.1) is 18.7 Å². The van der Waals surface area contributed by atoms with Crippen LogP contribution in [-0.4, -0.2) is 25.6 Å². The van der Waals surface area contributed by atoms with Crippen molar-refractivity contribution in [3.05, 3.63) is 58.6 Å². The average molecular weight is 345 g/mol. The van der Waals surface area contributed by atoms with E-state index in [-0.39, 0.29) is 5.56 Å². The molecule has 0 heterocycles. The Balaban J connectivity index is 1.95. The lowest BCUT2D eigenvalue weighted by Gasteiger charge is -2.09. The lowest BCUT2D eigenvalue weighted by atomic mass is 10.2. The Morgan fingerprint density at radius 3 is 2.54 bits per heavy atom. The minimum absolute atomic E-state index is 0.135. The van der Waals surface area contributed by atoms with Crippen LogP contribution in [0.1, 0.15) is 15.9 Å². The number of nitrogens with zero attached hydrogens (tertiary/aromatic N) is 1. The molecule has 24 heavy (non-hydrogen) atoms. The third-order valence-electron chi connectivity index (χ3n) is 3.01. The topological polar surface area (TPSA) is 88.4 Å². The first kappa shape index (κ1) is 17.3. The molecule has 6 nitrogen and oxygen atoms in total. The summed E-state index contributed by atoms with van der Waals surface area (Å²) in [6.45, 7) is -0.464. The van der Waals surface area contributed by atoms with Gasteiger partial charge >= 0.3 is 5.97 Å². The number of amides is 1. The van der Waals surface area contributed by atoms with Crippen molar-refractivity contribution in [2.45, 2.75) is 0 Å². The molecule has 122 valence electrons. The minimum Gasteiger partial charge on any atom is -0.496 e. The number of benzene rings is 2. The molecule has 0 aliphatic carbocycles. The number of carbonyl (C=O) groups excluding carboxylic acids is 2. The molecule has 0 atom stereocenters. The lowest BCUT2D eigenvalue weighted by molar-refractivity contribution is -0.119. The van der Waals surface area contributed by atoms with E-state index < -0.39 is 18.5 Å². The Morgan fingerprint density at radius 1 is 1.21 bits per heavy atom. The summed E-state index contributed by atoms with van der Waals surface area (Å²) in [4.78, 5) is 23.9. The number of halogens is 1. The van der Waals surface area contributed by atoms with Crippen LogP contribution in [0.3, 0.4) is 0 Å².